The Labute approximate surface area is 160 Å². The summed E-state index contributed by atoms with van der Waals surface area (Å²) in [6, 6.07) is 0. The molecule has 142 valence electrons. The molecule has 1 heterocycles. The van der Waals surface area contributed by atoms with Gasteiger partial charge in [0, 0.05) is 4.88 Å². The predicted molar refractivity (Wildman–Crippen MR) is 104 cm³/mol. The highest BCUT2D eigenvalue weighted by molar-refractivity contribution is 7.11. The van der Waals surface area contributed by atoms with Gasteiger partial charge >= 0.3 is 0 Å². The van der Waals surface area contributed by atoms with Crippen molar-refractivity contribution in [1.29, 1.82) is 0 Å². The molecule has 2 N–H and O–H groups in total. The lowest BCUT2D eigenvalue weighted by molar-refractivity contribution is -0.201. The molecule has 0 radical (unpaired) electrons. The first-order valence-corrected chi connectivity index (χ1v) is 11.1. The van der Waals surface area contributed by atoms with Crippen LogP contribution in [0, 0.1) is 41.4 Å². The highest BCUT2D eigenvalue weighted by Crippen LogP contribution is 2.66. The Kier molecular flexibility index (Phi) is 3.63. The summed E-state index contributed by atoms with van der Waals surface area (Å²) in [5.41, 5.74) is 2.78. The summed E-state index contributed by atoms with van der Waals surface area (Å²) >= 11 is 1.84. The third-order valence-electron chi connectivity index (χ3n) is 8.98. The molecule has 0 amide bonds. The number of aliphatic hydroxyl groups excluding tert-OH is 2. The molecule has 2 unspecified atom stereocenters. The van der Waals surface area contributed by atoms with E-state index < -0.39 is 12.2 Å². The molecule has 26 heavy (non-hydrogen) atoms. The molecule has 0 saturated heterocycles. The third-order valence-corrected chi connectivity index (χ3v) is 9.99. The molecule has 0 aromatic carbocycles. The van der Waals surface area contributed by atoms with Gasteiger partial charge in [0.15, 0.2) is 0 Å². The van der Waals surface area contributed by atoms with Crippen LogP contribution in [0.4, 0.5) is 0 Å². The van der Waals surface area contributed by atoms with E-state index in [9.17, 15) is 10.2 Å². The molecule has 4 aliphatic carbocycles. The van der Waals surface area contributed by atoms with Gasteiger partial charge in [-0.2, -0.15) is 0 Å². The van der Waals surface area contributed by atoms with Crippen LogP contribution >= 0.6 is 11.3 Å². The standard InChI is InChI=1S/C22H31NO2S/c1-11-5-6-13-18-14(7-8-21(11,13)3)22(4)10-17-16(23-12(2)26-17)9-15(22)19(24)20(18)25/h13-15,18-20,24-25H,1,5-10H2,2-4H3/t13-,14-,15+,18?,19+,20?,21+,22+/m0/s1. The number of aliphatic hydroxyl groups is 2. The summed E-state index contributed by atoms with van der Waals surface area (Å²) < 4.78 is 0. The first kappa shape index (κ1) is 17.4. The van der Waals surface area contributed by atoms with Crippen LogP contribution in [-0.2, 0) is 12.8 Å². The minimum Gasteiger partial charge on any atom is -0.390 e. The number of aryl methyl sites for hydroxylation is 1. The van der Waals surface area contributed by atoms with Gasteiger partial charge in [-0.15, -0.1) is 11.3 Å². The first-order valence-electron chi connectivity index (χ1n) is 10.3. The summed E-state index contributed by atoms with van der Waals surface area (Å²) in [5.74, 6) is 1.30. The Hall–Kier alpha value is -0.710. The highest BCUT2D eigenvalue weighted by Gasteiger charge is 2.64. The maximum atomic E-state index is 11.2. The van der Waals surface area contributed by atoms with Crippen molar-refractivity contribution in [3.05, 3.63) is 27.7 Å². The Balaban J connectivity index is 1.58. The molecule has 1 aromatic heterocycles. The second-order valence-electron chi connectivity index (χ2n) is 9.97. The zero-order valence-corrected chi connectivity index (χ0v) is 17.0. The highest BCUT2D eigenvalue weighted by atomic mass is 32.1. The molecular weight excluding hydrogens is 342 g/mol. The van der Waals surface area contributed by atoms with E-state index >= 15 is 0 Å². The van der Waals surface area contributed by atoms with Crippen molar-refractivity contribution in [2.45, 2.75) is 71.5 Å². The van der Waals surface area contributed by atoms with E-state index in [2.05, 4.69) is 27.4 Å². The number of thiazole rings is 1. The van der Waals surface area contributed by atoms with E-state index in [0.29, 0.717) is 11.8 Å². The second kappa shape index (κ2) is 5.42. The van der Waals surface area contributed by atoms with Gasteiger partial charge in [0.1, 0.15) is 0 Å². The van der Waals surface area contributed by atoms with Gasteiger partial charge in [-0.1, -0.05) is 26.0 Å². The lowest BCUT2D eigenvalue weighted by Gasteiger charge is -2.62. The maximum absolute atomic E-state index is 11.2. The topological polar surface area (TPSA) is 53.4 Å². The van der Waals surface area contributed by atoms with Crippen LogP contribution in [0.5, 0.6) is 0 Å². The normalized spacial score (nSPS) is 50.0. The van der Waals surface area contributed by atoms with Gasteiger partial charge < -0.3 is 10.2 Å². The maximum Gasteiger partial charge on any atom is 0.0900 e. The average molecular weight is 374 g/mol. The average Bonchev–Trinajstić information content (AvgIpc) is 3.09. The summed E-state index contributed by atoms with van der Waals surface area (Å²) in [7, 11) is 0. The number of aromatic nitrogens is 1. The van der Waals surface area contributed by atoms with Crippen molar-refractivity contribution in [3.8, 4) is 0 Å². The van der Waals surface area contributed by atoms with Crippen LogP contribution in [0.3, 0.4) is 0 Å². The van der Waals surface area contributed by atoms with E-state index in [1.807, 2.05) is 11.3 Å². The molecule has 0 aliphatic heterocycles. The van der Waals surface area contributed by atoms with E-state index in [4.69, 9.17) is 4.98 Å². The zero-order valence-electron chi connectivity index (χ0n) is 16.2. The van der Waals surface area contributed by atoms with Crippen molar-refractivity contribution < 1.29 is 10.2 Å². The predicted octanol–water partition coefficient (Wildman–Crippen LogP) is 3.91. The lowest BCUT2D eigenvalue weighted by atomic mass is 9.44. The number of hydrogen-bond donors (Lipinski definition) is 2. The Morgan fingerprint density at radius 1 is 1.12 bits per heavy atom. The molecule has 0 spiro atoms. The monoisotopic (exact) mass is 373 g/mol. The van der Waals surface area contributed by atoms with Gasteiger partial charge in [-0.3, -0.25) is 0 Å². The zero-order chi connectivity index (χ0) is 18.4. The van der Waals surface area contributed by atoms with Gasteiger partial charge in [-0.05, 0) is 80.0 Å². The van der Waals surface area contributed by atoms with E-state index in [1.54, 1.807) is 0 Å². The molecule has 3 fully saturated rings. The van der Waals surface area contributed by atoms with Crippen molar-refractivity contribution in [3.63, 3.8) is 0 Å². The van der Waals surface area contributed by atoms with Crippen LogP contribution in [0.15, 0.2) is 12.2 Å². The summed E-state index contributed by atoms with van der Waals surface area (Å²) in [5, 5.41) is 23.5. The molecule has 0 bridgehead atoms. The fraction of sp³-hybridized carbons (Fsp3) is 0.773. The van der Waals surface area contributed by atoms with Crippen LogP contribution in [0.1, 0.15) is 55.1 Å². The van der Waals surface area contributed by atoms with E-state index in [-0.39, 0.29) is 22.7 Å². The molecule has 3 saturated carbocycles. The number of fused-ring (bicyclic) bond motifs is 6. The first-order chi connectivity index (χ1) is 12.3. The quantitative estimate of drug-likeness (QED) is 0.678. The van der Waals surface area contributed by atoms with Gasteiger partial charge in [-0.25, -0.2) is 4.98 Å². The van der Waals surface area contributed by atoms with Crippen LogP contribution in [0.2, 0.25) is 0 Å². The van der Waals surface area contributed by atoms with Gasteiger partial charge in [0.2, 0.25) is 0 Å². The number of nitrogens with zero attached hydrogens (tertiary/aromatic N) is 1. The van der Waals surface area contributed by atoms with Crippen LogP contribution < -0.4 is 0 Å². The molecule has 1 aromatic rings. The van der Waals surface area contributed by atoms with Crippen molar-refractivity contribution in [2.24, 2.45) is 34.5 Å². The number of hydrogen-bond acceptors (Lipinski definition) is 4. The largest absolute Gasteiger partial charge is 0.390 e. The molecular formula is C22H31NO2S. The fourth-order valence-corrected chi connectivity index (χ4v) is 8.60. The van der Waals surface area contributed by atoms with Crippen molar-refractivity contribution in [1.82, 2.24) is 4.98 Å². The van der Waals surface area contributed by atoms with Gasteiger partial charge in [0.05, 0.1) is 22.9 Å². The molecule has 4 heteroatoms. The van der Waals surface area contributed by atoms with Crippen molar-refractivity contribution in [2.75, 3.05) is 0 Å². The lowest BCUT2D eigenvalue weighted by Crippen LogP contribution is -2.64. The molecule has 8 atom stereocenters. The minimum atomic E-state index is -0.632. The number of rotatable bonds is 0. The molecule has 5 rings (SSSR count). The van der Waals surface area contributed by atoms with Crippen molar-refractivity contribution >= 4 is 11.3 Å². The Morgan fingerprint density at radius 3 is 2.65 bits per heavy atom. The van der Waals surface area contributed by atoms with Crippen LogP contribution in [-0.4, -0.2) is 27.4 Å². The molecule has 4 aliphatic rings. The van der Waals surface area contributed by atoms with E-state index in [1.165, 1.54) is 22.6 Å². The second-order valence-corrected chi connectivity index (χ2v) is 11.3. The summed E-state index contributed by atoms with van der Waals surface area (Å²) in [6.45, 7) is 11.2. The number of allylic oxidation sites excluding steroid dienone is 1. The SMILES string of the molecule is C=C1CC[C@H]2C3C(O)[C@H](O)[C@H]4Cc5nc(C)sc5C[C@]4(C)[C@H]3CC[C@]12C. The Morgan fingerprint density at radius 2 is 1.88 bits per heavy atom. The third kappa shape index (κ3) is 2.04. The summed E-state index contributed by atoms with van der Waals surface area (Å²) in [4.78, 5) is 6.15. The fourth-order valence-electron chi connectivity index (χ4n) is 7.46. The van der Waals surface area contributed by atoms with Crippen LogP contribution in [0.25, 0.3) is 0 Å². The van der Waals surface area contributed by atoms with E-state index in [0.717, 1.165) is 37.1 Å². The minimum absolute atomic E-state index is 0.0700. The van der Waals surface area contributed by atoms with Gasteiger partial charge in [0.25, 0.3) is 0 Å². The summed E-state index contributed by atoms with van der Waals surface area (Å²) in [6.07, 6.45) is 5.18. The molecule has 3 nitrogen and oxygen atoms in total. The Bertz CT molecular complexity index is 772. The smallest absolute Gasteiger partial charge is 0.0900 e.